The van der Waals surface area contributed by atoms with E-state index in [1.54, 1.807) is 0 Å². The van der Waals surface area contributed by atoms with Gasteiger partial charge in [-0.3, -0.25) is 0 Å². The molecule has 1 aliphatic heterocycles. The van der Waals surface area contributed by atoms with E-state index in [9.17, 15) is 18.0 Å². The quantitative estimate of drug-likeness (QED) is 0.795. The summed E-state index contributed by atoms with van der Waals surface area (Å²) in [5.41, 5.74) is -0.0736. The van der Waals surface area contributed by atoms with E-state index in [-0.39, 0.29) is 24.6 Å². The van der Waals surface area contributed by atoms with Crippen LogP contribution in [0.4, 0.5) is 18.0 Å². The van der Waals surface area contributed by atoms with Crippen molar-refractivity contribution in [2.24, 2.45) is 0 Å². The molecule has 1 heterocycles. The largest absolute Gasteiger partial charge is 0.449 e. The second-order valence-corrected chi connectivity index (χ2v) is 3.41. The number of alkyl carbamates (subject to hydrolysis) is 1. The summed E-state index contributed by atoms with van der Waals surface area (Å²) in [4.78, 5) is 10.9. The lowest BCUT2D eigenvalue weighted by Gasteiger charge is -2.24. The van der Waals surface area contributed by atoms with E-state index in [0.717, 1.165) is 6.07 Å². The summed E-state index contributed by atoms with van der Waals surface area (Å²) in [5.74, 6) is -3.28. The van der Waals surface area contributed by atoms with Gasteiger partial charge in [0, 0.05) is 18.1 Å². The van der Waals surface area contributed by atoms with Crippen molar-refractivity contribution < 1.29 is 22.7 Å². The van der Waals surface area contributed by atoms with E-state index in [1.807, 2.05) is 0 Å². The van der Waals surface area contributed by atoms with Gasteiger partial charge in [0.1, 0.15) is 5.82 Å². The number of amides is 1. The third-order valence-corrected chi connectivity index (χ3v) is 2.35. The number of rotatable bonds is 1. The zero-order chi connectivity index (χ0) is 11.7. The number of ether oxygens (including phenoxy) is 1. The van der Waals surface area contributed by atoms with Gasteiger partial charge in [0.05, 0.1) is 12.6 Å². The van der Waals surface area contributed by atoms with Crippen molar-refractivity contribution in [3.8, 4) is 0 Å². The van der Waals surface area contributed by atoms with Crippen molar-refractivity contribution in [1.29, 1.82) is 0 Å². The molecule has 2 rings (SSSR count). The first-order valence-corrected chi connectivity index (χ1v) is 4.65. The fraction of sp³-hybridized carbons (Fsp3) is 0.300. The molecule has 0 spiro atoms. The molecule has 0 radical (unpaired) electrons. The normalized spacial score (nSPS) is 19.0. The molecule has 3 nitrogen and oxygen atoms in total. The summed E-state index contributed by atoms with van der Waals surface area (Å²) in [5, 5.41) is 2.33. The van der Waals surface area contributed by atoms with Gasteiger partial charge in [0.15, 0.2) is 11.6 Å². The minimum Gasteiger partial charge on any atom is -0.449 e. The second kappa shape index (κ2) is 5.27. The molecule has 1 saturated heterocycles. The summed E-state index contributed by atoms with van der Waals surface area (Å²) in [6.45, 7) is 0.120. The highest BCUT2D eigenvalue weighted by Gasteiger charge is 2.24. The minimum absolute atomic E-state index is 0. The van der Waals surface area contributed by atoms with E-state index in [1.165, 1.54) is 0 Å². The molecule has 1 aromatic rings. The molecule has 1 atom stereocenters. The van der Waals surface area contributed by atoms with Crippen LogP contribution in [0.15, 0.2) is 12.1 Å². The molecular formula is C10H9ClF3NO2. The Balaban J connectivity index is 0.00000144. The topological polar surface area (TPSA) is 38.3 Å². The highest BCUT2D eigenvalue weighted by molar-refractivity contribution is 5.85. The number of halogens is 4. The Morgan fingerprint density at radius 1 is 1.18 bits per heavy atom. The Morgan fingerprint density at radius 3 is 2.47 bits per heavy atom. The van der Waals surface area contributed by atoms with Crippen LogP contribution in [0.3, 0.4) is 0 Å². The Labute approximate surface area is 101 Å². The van der Waals surface area contributed by atoms with Gasteiger partial charge in [-0.05, 0) is 6.07 Å². The van der Waals surface area contributed by atoms with Crippen molar-refractivity contribution in [2.45, 2.75) is 12.5 Å². The molecule has 94 valence electrons. The first-order valence-electron chi connectivity index (χ1n) is 4.65. The number of benzene rings is 1. The number of hydrogen-bond donors (Lipinski definition) is 1. The van der Waals surface area contributed by atoms with Crippen LogP contribution >= 0.6 is 12.4 Å². The number of carbonyl (C=O) groups excluding carboxylic acids is 1. The predicted octanol–water partition coefficient (Wildman–Crippen LogP) is 2.70. The van der Waals surface area contributed by atoms with Gasteiger partial charge in [-0.2, -0.15) is 0 Å². The summed E-state index contributed by atoms with van der Waals surface area (Å²) >= 11 is 0. The maximum Gasteiger partial charge on any atom is 0.407 e. The van der Waals surface area contributed by atoms with Crippen LogP contribution in [0.5, 0.6) is 0 Å². The number of hydrogen-bond acceptors (Lipinski definition) is 2. The smallest absolute Gasteiger partial charge is 0.407 e. The van der Waals surface area contributed by atoms with Crippen LogP contribution in [-0.2, 0) is 4.74 Å². The third kappa shape index (κ3) is 2.82. The maximum atomic E-state index is 13.3. The van der Waals surface area contributed by atoms with E-state index in [4.69, 9.17) is 0 Å². The van der Waals surface area contributed by atoms with Crippen molar-refractivity contribution >= 4 is 18.5 Å². The van der Waals surface area contributed by atoms with Crippen LogP contribution in [0, 0.1) is 17.5 Å². The van der Waals surface area contributed by atoms with Crippen molar-refractivity contribution in [3.63, 3.8) is 0 Å². The van der Waals surface area contributed by atoms with Gasteiger partial charge in [0.2, 0.25) is 0 Å². The number of nitrogens with one attached hydrogen (secondary N) is 1. The Kier molecular flexibility index (Phi) is 4.22. The SMILES string of the molecule is Cl.O=C1N[C@@H](c2cc(F)c(F)cc2F)CCO1. The molecule has 0 bridgehead atoms. The molecule has 17 heavy (non-hydrogen) atoms. The number of cyclic esters (lactones) is 1. The lowest BCUT2D eigenvalue weighted by Crippen LogP contribution is -2.35. The van der Waals surface area contributed by atoms with E-state index in [0.29, 0.717) is 12.5 Å². The molecule has 1 aromatic carbocycles. The van der Waals surface area contributed by atoms with Crippen molar-refractivity contribution in [3.05, 3.63) is 35.1 Å². The lowest BCUT2D eigenvalue weighted by molar-refractivity contribution is 0.115. The standard InChI is InChI=1S/C10H8F3NO2.ClH/c11-6-4-8(13)7(12)3-5(6)9-1-2-16-10(15)14-9;/h3-4,9H,1-2H2,(H,14,15);1H/t9-;/m1./s1. The third-order valence-electron chi connectivity index (χ3n) is 2.35. The van der Waals surface area contributed by atoms with Crippen molar-refractivity contribution in [1.82, 2.24) is 5.32 Å². The molecule has 7 heteroatoms. The highest BCUT2D eigenvalue weighted by Crippen LogP contribution is 2.24. The van der Waals surface area contributed by atoms with E-state index >= 15 is 0 Å². The van der Waals surface area contributed by atoms with Crippen LogP contribution in [0.1, 0.15) is 18.0 Å². The predicted molar refractivity (Wildman–Crippen MR) is 55.4 cm³/mol. The summed E-state index contributed by atoms with van der Waals surface area (Å²) in [7, 11) is 0. The Morgan fingerprint density at radius 2 is 1.82 bits per heavy atom. The zero-order valence-electron chi connectivity index (χ0n) is 8.50. The molecule has 0 aromatic heterocycles. The average Bonchev–Trinajstić information content (AvgIpc) is 2.23. The van der Waals surface area contributed by atoms with Crippen LogP contribution in [0.2, 0.25) is 0 Å². The molecule has 1 fully saturated rings. The first-order chi connectivity index (χ1) is 7.58. The van der Waals surface area contributed by atoms with Gasteiger partial charge in [-0.25, -0.2) is 18.0 Å². The second-order valence-electron chi connectivity index (χ2n) is 3.41. The molecular weight excluding hydrogens is 259 g/mol. The van der Waals surface area contributed by atoms with Gasteiger partial charge >= 0.3 is 6.09 Å². The Hall–Kier alpha value is -1.43. The molecule has 1 N–H and O–H groups in total. The van der Waals surface area contributed by atoms with Crippen molar-refractivity contribution in [2.75, 3.05) is 6.61 Å². The minimum atomic E-state index is -1.25. The fourth-order valence-corrected chi connectivity index (χ4v) is 1.56. The van der Waals surface area contributed by atoms with Crippen LogP contribution in [-0.4, -0.2) is 12.7 Å². The molecule has 1 amide bonds. The lowest BCUT2D eigenvalue weighted by atomic mass is 10.0. The molecule has 0 saturated carbocycles. The highest BCUT2D eigenvalue weighted by atomic mass is 35.5. The zero-order valence-corrected chi connectivity index (χ0v) is 9.32. The first kappa shape index (κ1) is 13.6. The van der Waals surface area contributed by atoms with Gasteiger partial charge in [-0.1, -0.05) is 0 Å². The Bertz CT molecular complexity index is 442. The average molecular weight is 268 g/mol. The van der Waals surface area contributed by atoms with Gasteiger partial charge in [-0.15, -0.1) is 12.4 Å². The van der Waals surface area contributed by atoms with Crippen LogP contribution < -0.4 is 5.32 Å². The molecule has 0 unspecified atom stereocenters. The summed E-state index contributed by atoms with van der Waals surface area (Å²) in [6, 6.07) is 0.532. The van der Waals surface area contributed by atoms with E-state index < -0.39 is 29.6 Å². The molecule has 1 aliphatic rings. The van der Waals surface area contributed by atoms with Gasteiger partial charge < -0.3 is 10.1 Å². The van der Waals surface area contributed by atoms with Crippen LogP contribution in [0.25, 0.3) is 0 Å². The summed E-state index contributed by atoms with van der Waals surface area (Å²) < 4.78 is 43.5. The fourth-order valence-electron chi connectivity index (χ4n) is 1.56. The monoisotopic (exact) mass is 267 g/mol. The maximum absolute atomic E-state index is 13.3. The van der Waals surface area contributed by atoms with Gasteiger partial charge in [0.25, 0.3) is 0 Å². The molecule has 0 aliphatic carbocycles. The van der Waals surface area contributed by atoms with E-state index in [2.05, 4.69) is 10.1 Å². The summed E-state index contributed by atoms with van der Waals surface area (Å²) in [6.07, 6.45) is -0.381. The number of carbonyl (C=O) groups is 1.